The second-order valence-electron chi connectivity index (χ2n) is 5.30. The van der Waals surface area contributed by atoms with E-state index in [0.717, 1.165) is 12.2 Å². The predicted octanol–water partition coefficient (Wildman–Crippen LogP) is 1.22. The Kier molecular flexibility index (Phi) is 6.82. The Morgan fingerprint density at radius 1 is 1.10 bits per heavy atom. The summed E-state index contributed by atoms with van der Waals surface area (Å²) in [6.45, 7) is 7.24. The molecule has 0 aliphatic rings. The average Bonchev–Trinajstić information content (AvgIpc) is 2.31. The molecule has 0 saturated carbocycles. The van der Waals surface area contributed by atoms with E-state index in [0.29, 0.717) is 0 Å². The topological polar surface area (TPSA) is 86.7 Å². The molecule has 0 aliphatic carbocycles. The van der Waals surface area contributed by atoms with Gasteiger partial charge in [-0.3, -0.25) is 9.59 Å². The maximum absolute atomic E-state index is 11.5. The van der Waals surface area contributed by atoms with Crippen molar-refractivity contribution in [2.45, 2.75) is 40.7 Å². The molecule has 0 aromatic rings. The van der Waals surface area contributed by atoms with E-state index in [1.54, 1.807) is 20.8 Å². The fourth-order valence-electron chi connectivity index (χ4n) is 0.886. The third kappa shape index (κ3) is 7.45. The highest BCUT2D eigenvalue weighted by Gasteiger charge is 2.19. The lowest BCUT2D eigenvalue weighted by molar-refractivity contribution is -0.161. The summed E-state index contributed by atoms with van der Waals surface area (Å²) in [5.74, 6) is -2.19. The summed E-state index contributed by atoms with van der Waals surface area (Å²) in [6.07, 6.45) is 1.18. The molecule has 0 aromatic carbocycles. The smallest absolute Gasteiger partial charge is 0.344 e. The SMILES string of the molecule is CC(=O)C(C)OC(=O)COC(=O)/C=C/C(=O)C(C)(C)C. The number of esters is 2. The molecule has 6 heteroatoms. The first-order valence-electron chi connectivity index (χ1n) is 6.13. The van der Waals surface area contributed by atoms with Gasteiger partial charge < -0.3 is 9.47 Å². The molecule has 0 saturated heterocycles. The van der Waals surface area contributed by atoms with Crippen LogP contribution in [0.25, 0.3) is 0 Å². The summed E-state index contributed by atoms with van der Waals surface area (Å²) in [5, 5.41) is 0. The van der Waals surface area contributed by atoms with Crippen molar-refractivity contribution in [1.29, 1.82) is 0 Å². The van der Waals surface area contributed by atoms with Crippen LogP contribution in [0.1, 0.15) is 34.6 Å². The maximum atomic E-state index is 11.5. The van der Waals surface area contributed by atoms with Crippen LogP contribution in [0.2, 0.25) is 0 Å². The van der Waals surface area contributed by atoms with E-state index < -0.39 is 30.1 Å². The number of Topliss-reactive ketones (excluding diaryl/α,β-unsaturated/α-hetero) is 1. The zero-order valence-corrected chi connectivity index (χ0v) is 12.4. The van der Waals surface area contributed by atoms with Crippen LogP contribution in [-0.4, -0.2) is 36.2 Å². The van der Waals surface area contributed by atoms with Crippen molar-refractivity contribution in [3.63, 3.8) is 0 Å². The molecule has 6 nitrogen and oxygen atoms in total. The lowest BCUT2D eigenvalue weighted by atomic mass is 9.91. The van der Waals surface area contributed by atoms with Crippen molar-refractivity contribution >= 4 is 23.5 Å². The quantitative estimate of drug-likeness (QED) is 0.538. The Labute approximate surface area is 118 Å². The van der Waals surface area contributed by atoms with Crippen LogP contribution >= 0.6 is 0 Å². The summed E-state index contributed by atoms with van der Waals surface area (Å²) in [7, 11) is 0. The first kappa shape index (κ1) is 18.0. The van der Waals surface area contributed by atoms with E-state index in [-0.39, 0.29) is 11.6 Å². The number of allylic oxidation sites excluding steroid dienone is 1. The maximum Gasteiger partial charge on any atom is 0.344 e. The van der Waals surface area contributed by atoms with Gasteiger partial charge in [-0.05, 0) is 19.9 Å². The minimum Gasteiger partial charge on any atom is -0.452 e. The van der Waals surface area contributed by atoms with Crippen molar-refractivity contribution in [2.24, 2.45) is 5.41 Å². The molecule has 0 bridgehead atoms. The normalized spacial score (nSPS) is 12.8. The standard InChI is InChI=1S/C14H20O6/c1-9(15)10(2)20-13(18)8-19-12(17)7-6-11(16)14(3,4)5/h6-7,10H,8H2,1-5H3/b7-6+. The van der Waals surface area contributed by atoms with Gasteiger partial charge in [-0.25, -0.2) is 9.59 Å². The summed E-state index contributed by atoms with van der Waals surface area (Å²) in [5.41, 5.74) is -0.591. The fourth-order valence-corrected chi connectivity index (χ4v) is 0.886. The van der Waals surface area contributed by atoms with E-state index in [9.17, 15) is 19.2 Å². The zero-order valence-electron chi connectivity index (χ0n) is 12.4. The molecular formula is C14H20O6. The first-order valence-corrected chi connectivity index (χ1v) is 6.13. The molecule has 20 heavy (non-hydrogen) atoms. The molecule has 1 atom stereocenters. The number of ether oxygens (including phenoxy) is 2. The largest absolute Gasteiger partial charge is 0.452 e. The molecule has 112 valence electrons. The molecule has 0 aromatic heterocycles. The molecule has 0 fully saturated rings. The van der Waals surface area contributed by atoms with Crippen LogP contribution in [0, 0.1) is 5.41 Å². The molecule has 1 unspecified atom stereocenters. The summed E-state index contributed by atoms with van der Waals surface area (Å²) in [6, 6.07) is 0. The van der Waals surface area contributed by atoms with E-state index in [1.807, 2.05) is 0 Å². The predicted molar refractivity (Wildman–Crippen MR) is 70.8 cm³/mol. The first-order chi connectivity index (χ1) is 9.04. The lowest BCUT2D eigenvalue weighted by Crippen LogP contribution is -2.25. The van der Waals surface area contributed by atoms with Gasteiger partial charge in [-0.15, -0.1) is 0 Å². The number of ketones is 2. The highest BCUT2D eigenvalue weighted by Crippen LogP contribution is 2.14. The van der Waals surface area contributed by atoms with Crippen molar-refractivity contribution in [3.05, 3.63) is 12.2 Å². The van der Waals surface area contributed by atoms with Gasteiger partial charge in [0.25, 0.3) is 0 Å². The Morgan fingerprint density at radius 2 is 1.65 bits per heavy atom. The summed E-state index contributed by atoms with van der Waals surface area (Å²) in [4.78, 5) is 44.8. The Hall–Kier alpha value is -1.98. The molecule has 0 amide bonds. The van der Waals surface area contributed by atoms with Crippen LogP contribution in [0.15, 0.2) is 12.2 Å². The van der Waals surface area contributed by atoms with Crippen LogP contribution in [0.3, 0.4) is 0 Å². The lowest BCUT2D eigenvalue weighted by Gasteiger charge is -2.12. The van der Waals surface area contributed by atoms with Crippen molar-refractivity contribution in [3.8, 4) is 0 Å². The second-order valence-corrected chi connectivity index (χ2v) is 5.30. The van der Waals surface area contributed by atoms with Crippen LogP contribution in [0.4, 0.5) is 0 Å². The number of hydrogen-bond acceptors (Lipinski definition) is 6. The highest BCUT2D eigenvalue weighted by molar-refractivity contribution is 5.98. The van der Waals surface area contributed by atoms with E-state index in [4.69, 9.17) is 0 Å². The van der Waals surface area contributed by atoms with Gasteiger partial charge in [0.05, 0.1) is 0 Å². The van der Waals surface area contributed by atoms with Gasteiger partial charge in [0.1, 0.15) is 0 Å². The zero-order chi connectivity index (χ0) is 15.9. The van der Waals surface area contributed by atoms with Crippen LogP contribution < -0.4 is 0 Å². The molecule has 0 radical (unpaired) electrons. The van der Waals surface area contributed by atoms with Crippen molar-refractivity contribution in [1.82, 2.24) is 0 Å². The Balaban J connectivity index is 4.18. The average molecular weight is 284 g/mol. The number of hydrogen-bond donors (Lipinski definition) is 0. The minimum atomic E-state index is -0.876. The third-order valence-electron chi connectivity index (χ3n) is 2.32. The fraction of sp³-hybridized carbons (Fsp3) is 0.571. The molecule has 0 aliphatic heterocycles. The summed E-state index contributed by atoms with van der Waals surface area (Å²) >= 11 is 0. The third-order valence-corrected chi connectivity index (χ3v) is 2.32. The molecular weight excluding hydrogens is 264 g/mol. The van der Waals surface area contributed by atoms with Crippen molar-refractivity contribution < 1.29 is 28.7 Å². The molecule has 0 heterocycles. The monoisotopic (exact) mass is 284 g/mol. The molecule has 0 spiro atoms. The number of carbonyl (C=O) groups is 4. The Morgan fingerprint density at radius 3 is 2.10 bits per heavy atom. The van der Waals surface area contributed by atoms with Gasteiger partial charge in [0.2, 0.25) is 0 Å². The second kappa shape index (κ2) is 7.57. The van der Waals surface area contributed by atoms with Gasteiger partial charge in [0, 0.05) is 11.5 Å². The highest BCUT2D eigenvalue weighted by atomic mass is 16.6. The van der Waals surface area contributed by atoms with Gasteiger partial charge in [-0.1, -0.05) is 20.8 Å². The van der Waals surface area contributed by atoms with Gasteiger partial charge in [0.15, 0.2) is 24.3 Å². The number of rotatable bonds is 6. The van der Waals surface area contributed by atoms with Crippen LogP contribution in [0.5, 0.6) is 0 Å². The summed E-state index contributed by atoms with van der Waals surface area (Å²) < 4.78 is 9.27. The molecule has 0 N–H and O–H groups in total. The minimum absolute atomic E-state index is 0.234. The van der Waals surface area contributed by atoms with E-state index in [1.165, 1.54) is 13.8 Å². The number of carbonyl (C=O) groups excluding carboxylic acids is 4. The van der Waals surface area contributed by atoms with Gasteiger partial charge >= 0.3 is 11.9 Å². The van der Waals surface area contributed by atoms with Crippen molar-refractivity contribution in [2.75, 3.05) is 6.61 Å². The molecule has 0 rings (SSSR count). The van der Waals surface area contributed by atoms with E-state index >= 15 is 0 Å². The van der Waals surface area contributed by atoms with Gasteiger partial charge in [-0.2, -0.15) is 0 Å². The van der Waals surface area contributed by atoms with Crippen LogP contribution in [-0.2, 0) is 28.7 Å². The Bertz CT molecular complexity index is 427. The van der Waals surface area contributed by atoms with E-state index in [2.05, 4.69) is 9.47 Å².